The molecule has 0 bridgehead atoms. The molecule has 0 unspecified atom stereocenters. The topological polar surface area (TPSA) is 55.8 Å². The largest absolute Gasteiger partial charge is 0.465 e. The zero-order valence-corrected chi connectivity index (χ0v) is 11.6. The maximum Gasteiger partial charge on any atom is 0.407 e. The first kappa shape index (κ1) is 13.6. The van der Waals surface area contributed by atoms with Gasteiger partial charge in [-0.25, -0.2) is 4.79 Å². The number of nitrogens with one attached hydrogen (secondary N) is 1. The van der Waals surface area contributed by atoms with Gasteiger partial charge >= 0.3 is 6.09 Å². The molecule has 0 aromatic heterocycles. The van der Waals surface area contributed by atoms with Gasteiger partial charge in [0.2, 0.25) is 0 Å². The molecule has 5 heteroatoms. The first-order chi connectivity index (χ1) is 8.39. The van der Waals surface area contributed by atoms with Gasteiger partial charge in [0, 0.05) is 43.8 Å². The number of piperidine rings is 1. The number of likely N-dealkylation sites (tertiary alicyclic amines) is 1. The van der Waals surface area contributed by atoms with Gasteiger partial charge in [0.15, 0.2) is 0 Å². The molecule has 18 heavy (non-hydrogen) atoms. The molecular weight excluding hydrogens is 230 g/mol. The third kappa shape index (κ3) is 2.78. The Kier molecular flexibility index (Phi) is 3.82. The molecule has 104 valence electrons. The zero-order valence-electron chi connectivity index (χ0n) is 11.6. The quantitative estimate of drug-likeness (QED) is 0.778. The lowest BCUT2D eigenvalue weighted by molar-refractivity contribution is 0.0270. The predicted molar refractivity (Wildman–Crippen MR) is 70.9 cm³/mol. The van der Waals surface area contributed by atoms with Crippen molar-refractivity contribution in [3.63, 3.8) is 0 Å². The molecule has 0 radical (unpaired) electrons. The summed E-state index contributed by atoms with van der Waals surface area (Å²) < 4.78 is 0. The molecule has 1 amide bonds. The molecular formula is C13H25N3O2. The molecule has 0 aromatic carbocycles. The number of rotatable bonds is 2. The first-order valence-corrected chi connectivity index (χ1v) is 6.86. The van der Waals surface area contributed by atoms with E-state index in [1.807, 2.05) is 20.8 Å². The van der Waals surface area contributed by atoms with E-state index in [-0.39, 0.29) is 11.6 Å². The molecule has 0 atom stereocenters. The van der Waals surface area contributed by atoms with Crippen LogP contribution in [0.1, 0.15) is 33.6 Å². The van der Waals surface area contributed by atoms with Crippen molar-refractivity contribution in [1.29, 1.82) is 0 Å². The van der Waals surface area contributed by atoms with Crippen LogP contribution in [-0.4, -0.2) is 64.8 Å². The fourth-order valence-electron chi connectivity index (χ4n) is 3.03. The molecule has 0 spiro atoms. The van der Waals surface area contributed by atoms with Crippen LogP contribution in [0.3, 0.4) is 0 Å². The average Bonchev–Trinajstić information content (AvgIpc) is 2.15. The molecule has 2 fully saturated rings. The van der Waals surface area contributed by atoms with Gasteiger partial charge in [-0.05, 0) is 33.6 Å². The summed E-state index contributed by atoms with van der Waals surface area (Å²) in [7, 11) is 0. The summed E-state index contributed by atoms with van der Waals surface area (Å²) in [6.45, 7) is 10.2. The summed E-state index contributed by atoms with van der Waals surface area (Å²) in [6, 6.07) is 0.852. The van der Waals surface area contributed by atoms with E-state index in [2.05, 4.69) is 10.2 Å². The van der Waals surface area contributed by atoms with Gasteiger partial charge < -0.3 is 15.3 Å². The van der Waals surface area contributed by atoms with E-state index in [1.165, 1.54) is 0 Å². The molecule has 2 aliphatic heterocycles. The Morgan fingerprint density at radius 1 is 1.28 bits per heavy atom. The molecule has 2 rings (SSSR count). The lowest BCUT2D eigenvalue weighted by atomic mass is 9.95. The molecule has 2 saturated heterocycles. The summed E-state index contributed by atoms with van der Waals surface area (Å²) in [5.41, 5.74) is -0.309. The maximum atomic E-state index is 11.4. The highest BCUT2D eigenvalue weighted by Gasteiger charge is 2.36. The Hall–Kier alpha value is -0.810. The normalized spacial score (nSPS) is 23.7. The molecule has 5 nitrogen and oxygen atoms in total. The Balaban J connectivity index is 1.92. The van der Waals surface area contributed by atoms with E-state index in [9.17, 15) is 9.90 Å². The summed E-state index contributed by atoms with van der Waals surface area (Å²) >= 11 is 0. The minimum absolute atomic E-state index is 0.173. The number of hydrogen-bond acceptors (Lipinski definition) is 3. The van der Waals surface area contributed by atoms with E-state index in [1.54, 1.807) is 4.90 Å². The van der Waals surface area contributed by atoms with Crippen LogP contribution in [0.5, 0.6) is 0 Å². The van der Waals surface area contributed by atoms with Crippen LogP contribution in [0, 0.1) is 0 Å². The van der Waals surface area contributed by atoms with E-state index >= 15 is 0 Å². The third-order valence-electron chi connectivity index (χ3n) is 4.07. The fraction of sp³-hybridized carbons (Fsp3) is 0.923. The summed E-state index contributed by atoms with van der Waals surface area (Å²) in [5.74, 6) is 0. The molecule has 0 aliphatic carbocycles. The van der Waals surface area contributed by atoms with Crippen molar-refractivity contribution in [2.45, 2.75) is 51.2 Å². The lowest BCUT2D eigenvalue weighted by Gasteiger charge is -2.46. The third-order valence-corrected chi connectivity index (χ3v) is 4.07. The van der Waals surface area contributed by atoms with Crippen molar-refractivity contribution >= 4 is 6.09 Å². The van der Waals surface area contributed by atoms with Gasteiger partial charge in [0.05, 0.1) is 0 Å². The fourth-order valence-corrected chi connectivity index (χ4v) is 3.03. The van der Waals surface area contributed by atoms with Crippen LogP contribution in [0.2, 0.25) is 0 Å². The minimum Gasteiger partial charge on any atom is -0.465 e. The van der Waals surface area contributed by atoms with Gasteiger partial charge in [-0.1, -0.05) is 0 Å². The Morgan fingerprint density at radius 2 is 1.83 bits per heavy atom. The van der Waals surface area contributed by atoms with Crippen molar-refractivity contribution in [2.24, 2.45) is 0 Å². The van der Waals surface area contributed by atoms with Crippen molar-refractivity contribution in [3.05, 3.63) is 0 Å². The minimum atomic E-state index is -0.786. The van der Waals surface area contributed by atoms with Gasteiger partial charge in [-0.15, -0.1) is 0 Å². The summed E-state index contributed by atoms with van der Waals surface area (Å²) in [4.78, 5) is 15.6. The summed E-state index contributed by atoms with van der Waals surface area (Å²) in [6.07, 6.45) is 1.13. The number of amides is 1. The Bertz CT molecular complexity index is 302. The van der Waals surface area contributed by atoms with Crippen LogP contribution in [0.25, 0.3) is 0 Å². The highest BCUT2D eigenvalue weighted by Crippen LogP contribution is 2.25. The van der Waals surface area contributed by atoms with E-state index < -0.39 is 6.09 Å². The Morgan fingerprint density at radius 3 is 2.17 bits per heavy atom. The zero-order chi connectivity index (χ0) is 13.3. The molecule has 2 aliphatic rings. The number of carbonyl (C=O) groups is 1. The standard InChI is InChI=1S/C13H25N3O2/c1-13(2,3)16(12(17)18)10-4-6-15(7-5-10)11-8-14-9-11/h10-11,14H,4-9H2,1-3H3,(H,17,18). The second-order valence-electron chi connectivity index (χ2n) is 6.40. The van der Waals surface area contributed by atoms with Crippen LogP contribution in [0.15, 0.2) is 0 Å². The second-order valence-corrected chi connectivity index (χ2v) is 6.40. The SMILES string of the molecule is CC(C)(C)N(C(=O)O)C1CCN(C2CNC2)CC1. The van der Waals surface area contributed by atoms with E-state index in [4.69, 9.17) is 0 Å². The number of carboxylic acid groups (broad SMARTS) is 1. The van der Waals surface area contributed by atoms with Crippen molar-refractivity contribution in [1.82, 2.24) is 15.1 Å². The Labute approximate surface area is 109 Å². The van der Waals surface area contributed by atoms with Crippen LogP contribution in [-0.2, 0) is 0 Å². The van der Waals surface area contributed by atoms with Gasteiger partial charge in [-0.2, -0.15) is 0 Å². The van der Waals surface area contributed by atoms with Gasteiger partial charge in [0.25, 0.3) is 0 Å². The van der Waals surface area contributed by atoms with Crippen molar-refractivity contribution < 1.29 is 9.90 Å². The molecule has 2 heterocycles. The average molecular weight is 255 g/mol. The van der Waals surface area contributed by atoms with Gasteiger partial charge in [0.1, 0.15) is 0 Å². The predicted octanol–water partition coefficient (Wildman–Crippen LogP) is 1.20. The van der Waals surface area contributed by atoms with E-state index in [0.29, 0.717) is 6.04 Å². The summed E-state index contributed by atoms with van der Waals surface area (Å²) in [5, 5.41) is 12.7. The monoisotopic (exact) mass is 255 g/mol. The van der Waals surface area contributed by atoms with E-state index in [0.717, 1.165) is 39.0 Å². The van der Waals surface area contributed by atoms with Crippen LogP contribution in [0.4, 0.5) is 4.79 Å². The second kappa shape index (κ2) is 5.05. The van der Waals surface area contributed by atoms with Gasteiger partial charge in [-0.3, -0.25) is 4.90 Å². The first-order valence-electron chi connectivity index (χ1n) is 6.86. The van der Waals surface area contributed by atoms with Crippen LogP contribution >= 0.6 is 0 Å². The highest BCUT2D eigenvalue weighted by molar-refractivity contribution is 5.66. The maximum absolute atomic E-state index is 11.4. The molecule has 2 N–H and O–H groups in total. The molecule has 0 saturated carbocycles. The van der Waals surface area contributed by atoms with Crippen molar-refractivity contribution in [2.75, 3.05) is 26.2 Å². The van der Waals surface area contributed by atoms with Crippen molar-refractivity contribution in [3.8, 4) is 0 Å². The van der Waals surface area contributed by atoms with Crippen LogP contribution < -0.4 is 5.32 Å². The molecule has 0 aromatic rings. The smallest absolute Gasteiger partial charge is 0.407 e. The number of hydrogen-bond donors (Lipinski definition) is 2. The lowest BCUT2D eigenvalue weighted by Crippen LogP contribution is -2.61. The number of nitrogens with zero attached hydrogens (tertiary/aromatic N) is 2. The highest BCUT2D eigenvalue weighted by atomic mass is 16.4.